The predicted molar refractivity (Wildman–Crippen MR) is 98.7 cm³/mol. The van der Waals surface area contributed by atoms with Gasteiger partial charge in [0.25, 0.3) is 0 Å². The third-order valence-electron chi connectivity index (χ3n) is 6.78. The van der Waals surface area contributed by atoms with E-state index in [0.29, 0.717) is 0 Å². The molecule has 2 bridgehead atoms. The maximum absolute atomic E-state index is 2.70. The normalized spacial score (nSPS) is 34.6. The molecule has 0 N–H and O–H groups in total. The summed E-state index contributed by atoms with van der Waals surface area (Å²) in [5.74, 6) is 4.82. The van der Waals surface area contributed by atoms with E-state index in [2.05, 4.69) is 65.6 Å². The minimum absolute atomic E-state index is 0.868. The Hall–Kier alpha value is -1.60. The van der Waals surface area contributed by atoms with Gasteiger partial charge in [0.2, 0.25) is 0 Å². The van der Waals surface area contributed by atoms with Crippen LogP contribution in [0.5, 0.6) is 0 Å². The number of hydrogen-bond acceptors (Lipinski definition) is 1. The van der Waals surface area contributed by atoms with Crippen LogP contribution < -0.4 is 0 Å². The van der Waals surface area contributed by atoms with Gasteiger partial charge in [0.05, 0.1) is 0 Å². The molecule has 24 heavy (non-hydrogen) atoms. The lowest BCUT2D eigenvalue weighted by Crippen LogP contribution is -2.54. The molecule has 2 aliphatic carbocycles. The molecule has 4 fully saturated rings. The highest BCUT2D eigenvalue weighted by atomic mass is 15.2. The van der Waals surface area contributed by atoms with Gasteiger partial charge in [0, 0.05) is 19.6 Å². The van der Waals surface area contributed by atoms with Crippen molar-refractivity contribution in [1.82, 2.24) is 4.90 Å². The lowest BCUT2D eigenvalue weighted by Gasteiger charge is -2.54. The molecule has 1 heteroatoms. The predicted octanol–water partition coefficient (Wildman–Crippen LogP) is 4.95. The molecule has 2 aromatic rings. The van der Waals surface area contributed by atoms with Gasteiger partial charge in [0.1, 0.15) is 0 Å². The number of piperidine rings is 2. The van der Waals surface area contributed by atoms with Crippen molar-refractivity contribution in [2.24, 2.45) is 23.7 Å². The molecule has 6 rings (SSSR count). The third kappa shape index (κ3) is 2.80. The van der Waals surface area contributed by atoms with Gasteiger partial charge in [-0.3, -0.25) is 4.90 Å². The molecule has 5 atom stereocenters. The number of nitrogens with zero attached hydrogens (tertiary/aromatic N) is 1. The van der Waals surface area contributed by atoms with E-state index < -0.39 is 0 Å². The summed E-state index contributed by atoms with van der Waals surface area (Å²) in [6, 6.07) is 22.2. The Morgan fingerprint density at radius 3 is 2.17 bits per heavy atom. The summed E-state index contributed by atoms with van der Waals surface area (Å²) in [5.41, 5.74) is 3.05. The minimum atomic E-state index is 0.868. The zero-order valence-electron chi connectivity index (χ0n) is 14.4. The van der Waals surface area contributed by atoms with Gasteiger partial charge in [-0.2, -0.15) is 0 Å². The van der Waals surface area contributed by atoms with Crippen LogP contribution in [-0.4, -0.2) is 18.0 Å². The van der Waals surface area contributed by atoms with Crippen LogP contribution in [0.15, 0.2) is 60.7 Å². The van der Waals surface area contributed by atoms with Crippen LogP contribution in [0, 0.1) is 23.7 Å². The maximum Gasteiger partial charge on any atom is 0.0233 e. The van der Waals surface area contributed by atoms with Crippen molar-refractivity contribution in [3.05, 3.63) is 71.8 Å². The van der Waals surface area contributed by atoms with E-state index in [1.54, 1.807) is 5.56 Å². The second kappa shape index (κ2) is 6.04. The summed E-state index contributed by atoms with van der Waals surface area (Å²) in [5, 5.41) is 0. The molecule has 2 aromatic carbocycles. The molecular weight excluding hydrogens is 290 g/mol. The molecule has 0 spiro atoms. The summed E-state index contributed by atoms with van der Waals surface area (Å²) in [6.07, 6.45) is 4.43. The Kier molecular flexibility index (Phi) is 3.70. The Bertz CT molecular complexity index is 668. The van der Waals surface area contributed by atoms with Crippen LogP contribution in [-0.2, 0) is 6.54 Å². The van der Waals surface area contributed by atoms with Crippen LogP contribution in [0.4, 0.5) is 0 Å². The molecular formula is C23H27N. The fourth-order valence-corrected chi connectivity index (χ4v) is 5.41. The second-order valence-corrected chi connectivity index (χ2v) is 8.35. The first-order valence-electron chi connectivity index (χ1n) is 9.68. The minimum Gasteiger partial charge on any atom is -0.299 e. The Balaban J connectivity index is 1.15. The molecule has 1 nitrogen and oxygen atoms in total. The lowest BCUT2D eigenvalue weighted by molar-refractivity contribution is -0.0530. The first-order chi connectivity index (χ1) is 11.9. The molecule has 2 saturated heterocycles. The van der Waals surface area contributed by atoms with Crippen molar-refractivity contribution >= 4 is 0 Å². The van der Waals surface area contributed by atoms with E-state index >= 15 is 0 Å². The van der Waals surface area contributed by atoms with E-state index in [1.165, 1.54) is 37.9 Å². The van der Waals surface area contributed by atoms with Gasteiger partial charge >= 0.3 is 0 Å². The molecule has 2 aliphatic heterocycles. The zero-order chi connectivity index (χ0) is 15.9. The summed E-state index contributed by atoms with van der Waals surface area (Å²) in [6.45, 7) is 3.81. The SMILES string of the molecule is c1ccc(CN2C[C@H]3C[C@@H](C2)C3C[C@@H]2C[C@H]2c2ccccc2)cc1. The van der Waals surface area contributed by atoms with Gasteiger partial charge in [-0.25, -0.2) is 0 Å². The standard InChI is InChI=1S/C23H27N/c1-3-7-17(8-4-1)14-24-15-20-11-21(16-24)23(20)13-19-12-22(19)18-9-5-2-6-10-18/h1-10,19-23H,11-16H2/t19-,20-,21+,22-,23?/m0/s1. The number of benzene rings is 2. The molecule has 1 unspecified atom stereocenters. The second-order valence-electron chi connectivity index (χ2n) is 8.35. The highest BCUT2D eigenvalue weighted by Gasteiger charge is 2.50. The van der Waals surface area contributed by atoms with Gasteiger partial charge in [0.15, 0.2) is 0 Å². The average molecular weight is 317 g/mol. The van der Waals surface area contributed by atoms with Crippen molar-refractivity contribution in [2.75, 3.05) is 13.1 Å². The van der Waals surface area contributed by atoms with Crippen LogP contribution in [0.3, 0.4) is 0 Å². The smallest absolute Gasteiger partial charge is 0.0233 e. The fourth-order valence-electron chi connectivity index (χ4n) is 5.41. The van der Waals surface area contributed by atoms with E-state index in [-0.39, 0.29) is 0 Å². The molecule has 2 saturated carbocycles. The molecule has 0 aromatic heterocycles. The van der Waals surface area contributed by atoms with Crippen LogP contribution in [0.2, 0.25) is 0 Å². The Morgan fingerprint density at radius 1 is 0.792 bits per heavy atom. The first-order valence-corrected chi connectivity index (χ1v) is 9.68. The summed E-state index contributed by atoms with van der Waals surface area (Å²) in [4.78, 5) is 2.70. The van der Waals surface area contributed by atoms with Gasteiger partial charge in [-0.1, -0.05) is 60.7 Å². The van der Waals surface area contributed by atoms with Gasteiger partial charge < -0.3 is 0 Å². The zero-order valence-corrected chi connectivity index (χ0v) is 14.4. The quantitative estimate of drug-likeness (QED) is 0.754. The largest absolute Gasteiger partial charge is 0.299 e. The van der Waals surface area contributed by atoms with E-state index in [9.17, 15) is 0 Å². The Labute approximate surface area is 145 Å². The van der Waals surface area contributed by atoms with E-state index in [4.69, 9.17) is 0 Å². The molecule has 2 heterocycles. The van der Waals surface area contributed by atoms with E-state index in [0.717, 1.165) is 36.1 Å². The monoisotopic (exact) mass is 317 g/mol. The molecule has 0 radical (unpaired) electrons. The van der Waals surface area contributed by atoms with Gasteiger partial charge in [-0.05, 0) is 60.0 Å². The lowest BCUT2D eigenvalue weighted by atomic mass is 9.59. The van der Waals surface area contributed by atoms with E-state index in [1.807, 2.05) is 0 Å². The number of rotatable bonds is 5. The van der Waals surface area contributed by atoms with Crippen molar-refractivity contribution in [3.63, 3.8) is 0 Å². The maximum atomic E-state index is 2.70. The van der Waals surface area contributed by atoms with Crippen molar-refractivity contribution in [3.8, 4) is 0 Å². The van der Waals surface area contributed by atoms with Crippen molar-refractivity contribution in [1.29, 1.82) is 0 Å². The molecule has 124 valence electrons. The molecule has 0 amide bonds. The van der Waals surface area contributed by atoms with Crippen LogP contribution in [0.1, 0.15) is 36.3 Å². The van der Waals surface area contributed by atoms with Crippen LogP contribution in [0.25, 0.3) is 0 Å². The van der Waals surface area contributed by atoms with Crippen molar-refractivity contribution < 1.29 is 0 Å². The Morgan fingerprint density at radius 2 is 1.46 bits per heavy atom. The third-order valence-corrected chi connectivity index (χ3v) is 6.78. The topological polar surface area (TPSA) is 3.24 Å². The highest BCUT2D eigenvalue weighted by molar-refractivity contribution is 5.25. The molecule has 4 aliphatic rings. The summed E-state index contributed by atoms with van der Waals surface area (Å²) in [7, 11) is 0. The van der Waals surface area contributed by atoms with Crippen molar-refractivity contribution in [2.45, 2.75) is 31.7 Å². The van der Waals surface area contributed by atoms with Gasteiger partial charge in [-0.15, -0.1) is 0 Å². The fraction of sp³-hybridized carbons (Fsp3) is 0.478. The number of fused-ring (bicyclic) bond motifs is 2. The summed E-state index contributed by atoms with van der Waals surface area (Å²) >= 11 is 0. The number of hydrogen-bond donors (Lipinski definition) is 0. The van der Waals surface area contributed by atoms with Crippen LogP contribution >= 0.6 is 0 Å². The average Bonchev–Trinajstić information content (AvgIpc) is 3.41. The highest BCUT2D eigenvalue weighted by Crippen LogP contribution is 2.57. The first kappa shape index (κ1) is 14.7. The summed E-state index contributed by atoms with van der Waals surface area (Å²) < 4.78 is 0.